The van der Waals surface area contributed by atoms with E-state index in [4.69, 9.17) is 0 Å². The molecule has 2 rings (SSSR count). The zero-order chi connectivity index (χ0) is 13.4. The van der Waals surface area contributed by atoms with Gasteiger partial charge in [-0.15, -0.1) is 0 Å². The van der Waals surface area contributed by atoms with Crippen molar-refractivity contribution >= 4 is 11.9 Å². The van der Waals surface area contributed by atoms with Crippen molar-refractivity contribution < 1.29 is 9.59 Å². The van der Waals surface area contributed by atoms with Crippen molar-refractivity contribution in [1.29, 1.82) is 0 Å². The summed E-state index contributed by atoms with van der Waals surface area (Å²) in [5.41, 5.74) is -0.495. The molecular formula is C13H23N3O2. The molecule has 0 aromatic carbocycles. The topological polar surface area (TPSA) is 61.4 Å². The molecule has 2 aliphatic heterocycles. The second-order valence-electron chi connectivity index (χ2n) is 6.53. The highest BCUT2D eigenvalue weighted by atomic mass is 16.2. The van der Waals surface area contributed by atoms with E-state index in [9.17, 15) is 9.59 Å². The van der Waals surface area contributed by atoms with Crippen LogP contribution in [0.3, 0.4) is 0 Å². The summed E-state index contributed by atoms with van der Waals surface area (Å²) in [5, 5.41) is 6.12. The summed E-state index contributed by atoms with van der Waals surface area (Å²) >= 11 is 0. The van der Waals surface area contributed by atoms with Crippen LogP contribution in [0.15, 0.2) is 0 Å². The van der Waals surface area contributed by atoms with Gasteiger partial charge in [0, 0.05) is 6.54 Å². The highest BCUT2D eigenvalue weighted by Crippen LogP contribution is 2.28. The predicted molar refractivity (Wildman–Crippen MR) is 69.2 cm³/mol. The fourth-order valence-electron chi connectivity index (χ4n) is 2.52. The molecule has 2 fully saturated rings. The van der Waals surface area contributed by atoms with E-state index in [-0.39, 0.29) is 17.4 Å². The largest absolute Gasteiger partial charge is 0.325 e. The lowest BCUT2D eigenvalue weighted by Gasteiger charge is -2.31. The molecule has 2 saturated heterocycles. The molecule has 102 valence electrons. The average molecular weight is 253 g/mol. The lowest BCUT2D eigenvalue weighted by molar-refractivity contribution is -0.132. The Bertz CT molecular complexity index is 354. The van der Waals surface area contributed by atoms with Gasteiger partial charge in [-0.2, -0.15) is 0 Å². The molecule has 0 aliphatic carbocycles. The molecule has 5 heteroatoms. The van der Waals surface area contributed by atoms with Gasteiger partial charge < -0.3 is 10.6 Å². The average Bonchev–Trinajstić information content (AvgIpc) is 2.49. The van der Waals surface area contributed by atoms with Crippen molar-refractivity contribution in [2.24, 2.45) is 5.41 Å². The van der Waals surface area contributed by atoms with E-state index >= 15 is 0 Å². The Morgan fingerprint density at radius 2 is 1.83 bits per heavy atom. The van der Waals surface area contributed by atoms with Gasteiger partial charge in [0.25, 0.3) is 5.91 Å². The van der Waals surface area contributed by atoms with Crippen LogP contribution in [0, 0.1) is 5.41 Å². The number of urea groups is 1. The minimum Gasteiger partial charge on any atom is -0.323 e. The number of hydrogen-bond acceptors (Lipinski definition) is 3. The van der Waals surface area contributed by atoms with Crippen molar-refractivity contribution in [3.8, 4) is 0 Å². The van der Waals surface area contributed by atoms with Gasteiger partial charge in [0.15, 0.2) is 0 Å². The molecule has 2 heterocycles. The molecule has 18 heavy (non-hydrogen) atoms. The van der Waals surface area contributed by atoms with E-state index in [0.29, 0.717) is 19.4 Å². The van der Waals surface area contributed by atoms with Crippen LogP contribution in [0.5, 0.6) is 0 Å². The van der Waals surface area contributed by atoms with Crippen molar-refractivity contribution in [2.45, 2.75) is 45.6 Å². The quantitative estimate of drug-likeness (QED) is 0.724. The maximum Gasteiger partial charge on any atom is 0.325 e. The fourth-order valence-corrected chi connectivity index (χ4v) is 2.52. The highest BCUT2D eigenvalue weighted by molar-refractivity contribution is 6.07. The van der Waals surface area contributed by atoms with Crippen LogP contribution in [0.2, 0.25) is 0 Å². The van der Waals surface area contributed by atoms with Crippen LogP contribution in [-0.2, 0) is 4.79 Å². The maximum atomic E-state index is 12.4. The Morgan fingerprint density at radius 1 is 1.22 bits per heavy atom. The molecule has 1 spiro atoms. The smallest absolute Gasteiger partial charge is 0.323 e. The second-order valence-corrected chi connectivity index (χ2v) is 6.53. The minimum atomic E-state index is -0.625. The number of rotatable bonds is 2. The number of carbonyl (C=O) groups excluding carboxylic acids is 2. The van der Waals surface area contributed by atoms with Gasteiger partial charge in [0.05, 0.1) is 0 Å². The maximum absolute atomic E-state index is 12.4. The van der Waals surface area contributed by atoms with Crippen LogP contribution < -0.4 is 10.6 Å². The van der Waals surface area contributed by atoms with Crippen molar-refractivity contribution in [3.05, 3.63) is 0 Å². The Hall–Kier alpha value is -1.10. The van der Waals surface area contributed by atoms with Gasteiger partial charge in [0.2, 0.25) is 0 Å². The molecule has 0 aromatic rings. The summed E-state index contributed by atoms with van der Waals surface area (Å²) < 4.78 is 0. The first-order chi connectivity index (χ1) is 8.34. The third kappa shape index (κ3) is 2.51. The first-order valence-corrected chi connectivity index (χ1v) is 6.69. The number of carbonyl (C=O) groups is 2. The van der Waals surface area contributed by atoms with E-state index in [0.717, 1.165) is 19.5 Å². The molecule has 0 atom stereocenters. The molecule has 0 aromatic heterocycles. The molecule has 2 aliphatic rings. The van der Waals surface area contributed by atoms with Gasteiger partial charge in [-0.1, -0.05) is 20.8 Å². The number of amides is 3. The number of imide groups is 1. The predicted octanol–water partition coefficient (Wildman–Crippen LogP) is 1.10. The van der Waals surface area contributed by atoms with Crippen LogP contribution >= 0.6 is 0 Å². The number of nitrogens with one attached hydrogen (secondary N) is 2. The minimum absolute atomic E-state index is 0.0294. The third-order valence-electron chi connectivity index (χ3n) is 3.79. The van der Waals surface area contributed by atoms with Crippen LogP contribution in [0.25, 0.3) is 0 Å². The highest BCUT2D eigenvalue weighted by Gasteiger charge is 2.51. The monoisotopic (exact) mass is 253 g/mol. The Labute approximate surface area is 108 Å². The van der Waals surface area contributed by atoms with Crippen molar-refractivity contribution in [1.82, 2.24) is 15.5 Å². The summed E-state index contributed by atoms with van der Waals surface area (Å²) in [6, 6.07) is -0.217. The van der Waals surface area contributed by atoms with Crippen molar-refractivity contribution in [2.75, 3.05) is 19.6 Å². The fraction of sp³-hybridized carbons (Fsp3) is 0.846. The summed E-state index contributed by atoms with van der Waals surface area (Å²) in [4.78, 5) is 25.8. The molecule has 5 nitrogen and oxygen atoms in total. The van der Waals surface area contributed by atoms with Crippen LogP contribution in [0.1, 0.15) is 40.0 Å². The van der Waals surface area contributed by atoms with Crippen LogP contribution in [-0.4, -0.2) is 42.0 Å². The van der Waals surface area contributed by atoms with Gasteiger partial charge in [0.1, 0.15) is 5.54 Å². The van der Waals surface area contributed by atoms with E-state index in [1.54, 1.807) is 0 Å². The lowest BCUT2D eigenvalue weighted by Crippen LogP contribution is -2.53. The summed E-state index contributed by atoms with van der Waals surface area (Å²) in [6.45, 7) is 8.45. The molecular weight excluding hydrogens is 230 g/mol. The van der Waals surface area contributed by atoms with Gasteiger partial charge in [-0.3, -0.25) is 9.69 Å². The SMILES string of the molecule is CC(C)(C)CCN1C(=O)NC2(CCNCC2)C1=O. The third-order valence-corrected chi connectivity index (χ3v) is 3.79. The molecule has 2 N–H and O–H groups in total. The molecule has 0 unspecified atom stereocenters. The molecule has 0 radical (unpaired) electrons. The summed E-state index contributed by atoms with van der Waals surface area (Å²) in [6.07, 6.45) is 2.23. The lowest BCUT2D eigenvalue weighted by atomic mass is 9.88. The normalized spacial score (nSPS) is 23.6. The zero-order valence-electron chi connectivity index (χ0n) is 11.5. The van der Waals surface area contributed by atoms with Crippen LogP contribution in [0.4, 0.5) is 4.79 Å². The van der Waals surface area contributed by atoms with Crippen molar-refractivity contribution in [3.63, 3.8) is 0 Å². The first-order valence-electron chi connectivity index (χ1n) is 6.69. The van der Waals surface area contributed by atoms with Gasteiger partial charge in [-0.05, 0) is 37.8 Å². The summed E-state index contributed by atoms with van der Waals surface area (Å²) in [7, 11) is 0. The van der Waals surface area contributed by atoms with Gasteiger partial charge in [-0.25, -0.2) is 4.79 Å². The number of nitrogens with zero attached hydrogens (tertiary/aromatic N) is 1. The Balaban J connectivity index is 2.05. The Morgan fingerprint density at radius 3 is 2.39 bits per heavy atom. The molecule has 0 bridgehead atoms. The zero-order valence-corrected chi connectivity index (χ0v) is 11.5. The second kappa shape index (κ2) is 4.53. The number of piperidine rings is 1. The Kier molecular flexibility index (Phi) is 3.36. The molecule has 0 saturated carbocycles. The van der Waals surface area contributed by atoms with Gasteiger partial charge >= 0.3 is 6.03 Å². The standard InChI is InChI=1S/C13H23N3O2/c1-12(2,3)6-9-16-10(17)13(15-11(16)18)4-7-14-8-5-13/h14H,4-9H2,1-3H3,(H,15,18). The number of hydrogen-bond donors (Lipinski definition) is 2. The van der Waals surface area contributed by atoms with E-state index in [2.05, 4.69) is 31.4 Å². The van der Waals surface area contributed by atoms with E-state index in [1.807, 2.05) is 0 Å². The van der Waals surface area contributed by atoms with E-state index < -0.39 is 5.54 Å². The first kappa shape index (κ1) is 13.3. The van der Waals surface area contributed by atoms with E-state index in [1.165, 1.54) is 4.90 Å². The summed E-state index contributed by atoms with van der Waals surface area (Å²) in [5.74, 6) is -0.0294. The molecule has 3 amide bonds.